The predicted octanol–water partition coefficient (Wildman–Crippen LogP) is 2.15. The molecule has 1 saturated heterocycles. The van der Waals surface area contributed by atoms with Crippen molar-refractivity contribution < 1.29 is 23.5 Å². The molecule has 0 bridgehead atoms. The first-order valence-corrected chi connectivity index (χ1v) is 7.55. The SMILES string of the molecule is CC(=O)C1(OC(=O)c2cc(F)nn2[C@H](C)c2ccccc2)COC1. The molecule has 1 aromatic heterocycles. The molecule has 0 N–H and O–H groups in total. The molecule has 0 unspecified atom stereocenters. The molecule has 0 radical (unpaired) electrons. The molecule has 0 saturated carbocycles. The van der Waals surface area contributed by atoms with Crippen molar-refractivity contribution in [1.82, 2.24) is 9.78 Å². The molecule has 126 valence electrons. The molecule has 2 aromatic rings. The van der Waals surface area contributed by atoms with Crippen LogP contribution in [0.4, 0.5) is 4.39 Å². The van der Waals surface area contributed by atoms with Crippen molar-refractivity contribution in [2.75, 3.05) is 13.2 Å². The Morgan fingerprint density at radius 3 is 2.54 bits per heavy atom. The van der Waals surface area contributed by atoms with Gasteiger partial charge in [-0.25, -0.2) is 9.48 Å². The fraction of sp³-hybridized carbons (Fsp3) is 0.353. The minimum absolute atomic E-state index is 0.0128. The Balaban J connectivity index is 1.89. The van der Waals surface area contributed by atoms with Gasteiger partial charge in [0.05, 0.1) is 19.3 Å². The average molecular weight is 332 g/mol. The van der Waals surface area contributed by atoms with Crippen molar-refractivity contribution in [3.8, 4) is 0 Å². The first-order chi connectivity index (χ1) is 11.4. The third-order valence-electron chi connectivity index (χ3n) is 4.16. The Morgan fingerprint density at radius 1 is 1.33 bits per heavy atom. The number of benzene rings is 1. The van der Waals surface area contributed by atoms with Gasteiger partial charge in [-0.1, -0.05) is 30.3 Å². The van der Waals surface area contributed by atoms with Gasteiger partial charge in [-0.3, -0.25) is 4.79 Å². The molecule has 0 amide bonds. The van der Waals surface area contributed by atoms with Gasteiger partial charge in [-0.05, 0) is 19.4 Å². The quantitative estimate of drug-likeness (QED) is 0.785. The fourth-order valence-electron chi connectivity index (χ4n) is 2.54. The van der Waals surface area contributed by atoms with Crippen LogP contribution in [0, 0.1) is 5.95 Å². The highest BCUT2D eigenvalue weighted by molar-refractivity contribution is 5.93. The molecule has 0 spiro atoms. The van der Waals surface area contributed by atoms with Crippen molar-refractivity contribution >= 4 is 11.8 Å². The third-order valence-corrected chi connectivity index (χ3v) is 4.16. The lowest BCUT2D eigenvalue weighted by molar-refractivity contribution is -0.188. The summed E-state index contributed by atoms with van der Waals surface area (Å²) in [7, 11) is 0. The van der Waals surface area contributed by atoms with E-state index in [9.17, 15) is 14.0 Å². The van der Waals surface area contributed by atoms with Gasteiger partial charge >= 0.3 is 5.97 Å². The fourth-order valence-corrected chi connectivity index (χ4v) is 2.54. The maximum absolute atomic E-state index is 13.7. The van der Waals surface area contributed by atoms with Crippen LogP contribution in [0.2, 0.25) is 0 Å². The highest BCUT2D eigenvalue weighted by Crippen LogP contribution is 2.26. The molecule has 1 fully saturated rings. The van der Waals surface area contributed by atoms with Crippen LogP contribution in [0.15, 0.2) is 36.4 Å². The van der Waals surface area contributed by atoms with Gasteiger partial charge in [0.25, 0.3) is 0 Å². The highest BCUT2D eigenvalue weighted by Gasteiger charge is 2.48. The van der Waals surface area contributed by atoms with Crippen LogP contribution < -0.4 is 0 Å². The van der Waals surface area contributed by atoms with E-state index in [-0.39, 0.29) is 30.7 Å². The number of aromatic nitrogens is 2. The third kappa shape index (κ3) is 2.82. The Hall–Kier alpha value is -2.54. The highest BCUT2D eigenvalue weighted by atomic mass is 19.1. The summed E-state index contributed by atoms with van der Waals surface area (Å²) >= 11 is 0. The standard InChI is InChI=1S/C17H17FN2O4/c1-11(13-6-4-3-5-7-13)20-14(8-15(18)19-20)16(22)24-17(12(2)21)9-23-10-17/h3-8,11H,9-10H2,1-2H3/t11-/m1/s1. The van der Waals surface area contributed by atoms with E-state index < -0.39 is 17.5 Å². The minimum Gasteiger partial charge on any atom is -0.441 e. The van der Waals surface area contributed by atoms with Gasteiger partial charge in [0.2, 0.25) is 11.5 Å². The summed E-state index contributed by atoms with van der Waals surface area (Å²) in [5, 5.41) is 3.76. The summed E-state index contributed by atoms with van der Waals surface area (Å²) in [6.07, 6.45) is 0. The van der Waals surface area contributed by atoms with Crippen LogP contribution in [-0.4, -0.2) is 40.3 Å². The van der Waals surface area contributed by atoms with E-state index in [0.717, 1.165) is 11.6 Å². The maximum Gasteiger partial charge on any atom is 0.357 e. The van der Waals surface area contributed by atoms with Crippen molar-refractivity contribution in [3.05, 3.63) is 53.6 Å². The second-order valence-corrected chi connectivity index (χ2v) is 5.82. The van der Waals surface area contributed by atoms with E-state index in [1.54, 1.807) is 6.92 Å². The van der Waals surface area contributed by atoms with Crippen molar-refractivity contribution in [3.63, 3.8) is 0 Å². The molecule has 2 heterocycles. The molecule has 6 nitrogen and oxygen atoms in total. The summed E-state index contributed by atoms with van der Waals surface area (Å²) in [5.74, 6) is -1.89. The zero-order valence-corrected chi connectivity index (χ0v) is 13.4. The molecular weight excluding hydrogens is 315 g/mol. The lowest BCUT2D eigenvalue weighted by Crippen LogP contribution is -2.58. The molecule has 0 aliphatic carbocycles. The van der Waals surface area contributed by atoms with Crippen LogP contribution in [0.3, 0.4) is 0 Å². The molecule has 3 rings (SSSR count). The average Bonchev–Trinajstić information content (AvgIpc) is 2.92. The molecule has 1 aliphatic rings. The van der Waals surface area contributed by atoms with Gasteiger partial charge in [0, 0.05) is 6.07 Å². The molecule has 7 heteroatoms. The van der Waals surface area contributed by atoms with Crippen molar-refractivity contribution in [2.24, 2.45) is 0 Å². The number of hydrogen-bond acceptors (Lipinski definition) is 5. The van der Waals surface area contributed by atoms with E-state index in [4.69, 9.17) is 9.47 Å². The summed E-state index contributed by atoms with van der Waals surface area (Å²) < 4.78 is 25.3. The number of carbonyl (C=O) groups excluding carboxylic acids is 2. The summed E-state index contributed by atoms with van der Waals surface area (Å²) in [5.41, 5.74) is -0.460. The zero-order valence-electron chi connectivity index (χ0n) is 13.4. The molecule has 1 aliphatic heterocycles. The predicted molar refractivity (Wildman–Crippen MR) is 82.1 cm³/mol. The number of ketones is 1. The largest absolute Gasteiger partial charge is 0.441 e. The summed E-state index contributed by atoms with van der Waals surface area (Å²) in [4.78, 5) is 24.2. The minimum atomic E-state index is -1.28. The van der Waals surface area contributed by atoms with Crippen LogP contribution in [-0.2, 0) is 14.3 Å². The van der Waals surface area contributed by atoms with Crippen LogP contribution in [0.25, 0.3) is 0 Å². The maximum atomic E-state index is 13.7. The van der Waals surface area contributed by atoms with Gasteiger partial charge in [-0.2, -0.15) is 4.39 Å². The Bertz CT molecular complexity index is 768. The number of carbonyl (C=O) groups is 2. The second-order valence-electron chi connectivity index (χ2n) is 5.82. The Morgan fingerprint density at radius 2 is 2.00 bits per heavy atom. The summed E-state index contributed by atoms with van der Waals surface area (Å²) in [6, 6.07) is 9.91. The molecule has 24 heavy (non-hydrogen) atoms. The number of rotatable bonds is 5. The Kier molecular flexibility index (Phi) is 4.19. The number of hydrogen-bond donors (Lipinski definition) is 0. The van der Waals surface area contributed by atoms with Gasteiger partial charge in [-0.15, -0.1) is 5.10 Å². The number of halogens is 1. The van der Waals surface area contributed by atoms with Crippen LogP contribution in [0.5, 0.6) is 0 Å². The summed E-state index contributed by atoms with van der Waals surface area (Å²) in [6.45, 7) is 3.16. The lowest BCUT2D eigenvalue weighted by atomic mass is 9.97. The first-order valence-electron chi connectivity index (χ1n) is 7.55. The molecule has 1 atom stereocenters. The zero-order chi connectivity index (χ0) is 17.3. The van der Waals surface area contributed by atoms with E-state index >= 15 is 0 Å². The molecule has 1 aromatic carbocycles. The van der Waals surface area contributed by atoms with Crippen molar-refractivity contribution in [2.45, 2.75) is 25.5 Å². The van der Waals surface area contributed by atoms with E-state index in [0.29, 0.717) is 0 Å². The number of Topliss-reactive ketones (excluding diaryl/α,β-unsaturated/α-hetero) is 1. The van der Waals surface area contributed by atoms with Gasteiger partial charge < -0.3 is 9.47 Å². The normalized spacial score (nSPS) is 17.0. The monoisotopic (exact) mass is 332 g/mol. The van der Waals surface area contributed by atoms with Gasteiger partial charge in [0.15, 0.2) is 5.78 Å². The Labute approximate surface area is 138 Å². The molecular formula is C17H17FN2O4. The smallest absolute Gasteiger partial charge is 0.357 e. The second kappa shape index (κ2) is 6.16. The van der Waals surface area contributed by atoms with Crippen LogP contribution in [0.1, 0.15) is 35.9 Å². The topological polar surface area (TPSA) is 70.4 Å². The van der Waals surface area contributed by atoms with E-state index in [2.05, 4.69) is 5.10 Å². The number of nitrogens with zero attached hydrogens (tertiary/aromatic N) is 2. The van der Waals surface area contributed by atoms with Crippen LogP contribution >= 0.6 is 0 Å². The number of ether oxygens (including phenoxy) is 2. The lowest BCUT2D eigenvalue weighted by Gasteiger charge is -2.38. The van der Waals surface area contributed by atoms with E-state index in [1.807, 2.05) is 30.3 Å². The van der Waals surface area contributed by atoms with E-state index in [1.165, 1.54) is 11.6 Å². The van der Waals surface area contributed by atoms with Crippen molar-refractivity contribution in [1.29, 1.82) is 0 Å². The first kappa shape index (κ1) is 16.3. The number of esters is 1. The van der Waals surface area contributed by atoms with Gasteiger partial charge in [0.1, 0.15) is 5.69 Å².